The van der Waals surface area contributed by atoms with Crippen molar-refractivity contribution in [1.29, 1.82) is 0 Å². The molecule has 16 heteroatoms. The minimum Gasteiger partial charge on any atom is -0.463 e. The Balaban J connectivity index is 2.92. The molecule has 238 valence electrons. The molecule has 1 rings (SSSR count). The molecule has 0 spiro atoms. The standard InChI is InChI=1S/C26H41N3O13/c1-13(30)37-12-18-21(38-14(2)31)22(39-15(3)32)23(40-16(4)33)25(41-18)29-19(34)10-8-9-17(27)24(36)28-11-20(35)42-26(5,6)7/h17-18,21-23,25H,8-12,27H2,1-7H3,(H,28,36)(H,29,34)/t17-,18+,21+,22-,23+,25+/m0/s1. The van der Waals surface area contributed by atoms with Gasteiger partial charge in [0.2, 0.25) is 11.8 Å². The van der Waals surface area contributed by atoms with Gasteiger partial charge in [-0.25, -0.2) is 0 Å². The highest BCUT2D eigenvalue weighted by molar-refractivity contribution is 5.85. The second-order valence-electron chi connectivity index (χ2n) is 10.5. The van der Waals surface area contributed by atoms with E-state index in [-0.39, 0.29) is 25.8 Å². The fraction of sp³-hybridized carbons (Fsp3) is 0.731. The van der Waals surface area contributed by atoms with Crippen LogP contribution in [0.2, 0.25) is 0 Å². The first-order chi connectivity index (χ1) is 19.4. The zero-order valence-electron chi connectivity index (χ0n) is 24.9. The highest BCUT2D eigenvalue weighted by Crippen LogP contribution is 2.28. The van der Waals surface area contributed by atoms with Crippen LogP contribution in [0.25, 0.3) is 0 Å². The lowest BCUT2D eigenvalue weighted by Crippen LogP contribution is -2.66. The first kappa shape index (κ1) is 36.2. The molecule has 1 saturated heterocycles. The highest BCUT2D eigenvalue weighted by Gasteiger charge is 2.52. The zero-order chi connectivity index (χ0) is 32.2. The number of esters is 5. The van der Waals surface area contributed by atoms with E-state index in [0.717, 1.165) is 27.7 Å². The number of carbonyl (C=O) groups excluding carboxylic acids is 7. The molecule has 1 fully saturated rings. The summed E-state index contributed by atoms with van der Waals surface area (Å²) in [5.41, 5.74) is 5.15. The molecule has 1 aliphatic heterocycles. The van der Waals surface area contributed by atoms with Crippen LogP contribution in [0.1, 0.15) is 67.7 Å². The summed E-state index contributed by atoms with van der Waals surface area (Å²) in [5.74, 6) is -4.96. The van der Waals surface area contributed by atoms with E-state index in [1.807, 2.05) is 0 Å². The monoisotopic (exact) mass is 603 g/mol. The molecule has 1 heterocycles. The Labute approximate surface area is 243 Å². The van der Waals surface area contributed by atoms with Crippen LogP contribution >= 0.6 is 0 Å². The van der Waals surface area contributed by atoms with E-state index in [1.165, 1.54) is 0 Å². The van der Waals surface area contributed by atoms with Crippen LogP contribution in [-0.4, -0.2) is 97.1 Å². The van der Waals surface area contributed by atoms with Crippen molar-refractivity contribution < 1.29 is 62.0 Å². The topological polar surface area (TPSA) is 225 Å². The molecular formula is C26H41N3O13. The molecule has 1 aliphatic rings. The van der Waals surface area contributed by atoms with Crippen LogP contribution in [-0.2, 0) is 62.0 Å². The predicted molar refractivity (Wildman–Crippen MR) is 141 cm³/mol. The van der Waals surface area contributed by atoms with Crippen molar-refractivity contribution in [1.82, 2.24) is 10.6 Å². The van der Waals surface area contributed by atoms with Gasteiger partial charge in [-0.1, -0.05) is 0 Å². The van der Waals surface area contributed by atoms with E-state index < -0.39 is 90.6 Å². The lowest BCUT2D eigenvalue weighted by atomic mass is 9.97. The molecule has 0 aromatic carbocycles. The molecule has 0 saturated carbocycles. The summed E-state index contributed by atoms with van der Waals surface area (Å²) in [7, 11) is 0. The van der Waals surface area contributed by atoms with Crippen LogP contribution in [0.5, 0.6) is 0 Å². The van der Waals surface area contributed by atoms with E-state index >= 15 is 0 Å². The van der Waals surface area contributed by atoms with E-state index in [0.29, 0.717) is 0 Å². The van der Waals surface area contributed by atoms with Crippen LogP contribution in [0, 0.1) is 0 Å². The fourth-order valence-corrected chi connectivity index (χ4v) is 3.86. The number of hydrogen-bond donors (Lipinski definition) is 3. The van der Waals surface area contributed by atoms with Gasteiger partial charge in [-0.2, -0.15) is 0 Å². The number of hydrogen-bond acceptors (Lipinski definition) is 14. The normalized spacial score (nSPS) is 22.5. The largest absolute Gasteiger partial charge is 0.463 e. The molecule has 2 amide bonds. The van der Waals surface area contributed by atoms with Gasteiger partial charge >= 0.3 is 29.8 Å². The Morgan fingerprint density at radius 1 is 0.833 bits per heavy atom. The van der Waals surface area contributed by atoms with Gasteiger partial charge in [-0.3, -0.25) is 33.6 Å². The summed E-state index contributed by atoms with van der Waals surface area (Å²) in [5, 5.41) is 4.90. The molecule has 4 N–H and O–H groups in total. The molecule has 0 aromatic heterocycles. The van der Waals surface area contributed by atoms with Gasteiger partial charge in [0, 0.05) is 34.1 Å². The molecule has 0 radical (unpaired) electrons. The van der Waals surface area contributed by atoms with Crippen LogP contribution < -0.4 is 16.4 Å². The zero-order valence-corrected chi connectivity index (χ0v) is 24.9. The van der Waals surface area contributed by atoms with Gasteiger partial charge in [-0.15, -0.1) is 0 Å². The van der Waals surface area contributed by atoms with Crippen molar-refractivity contribution in [3.05, 3.63) is 0 Å². The molecule has 0 aromatic rings. The summed E-state index contributed by atoms with van der Waals surface area (Å²) in [6, 6.07) is -1.02. The van der Waals surface area contributed by atoms with Gasteiger partial charge in [0.1, 0.15) is 24.9 Å². The number of carbonyl (C=O) groups is 7. The van der Waals surface area contributed by atoms with E-state index in [2.05, 4.69) is 10.6 Å². The van der Waals surface area contributed by atoms with Crippen LogP contribution in [0.4, 0.5) is 0 Å². The summed E-state index contributed by atoms with van der Waals surface area (Å²) in [6.45, 7) is 8.62. The van der Waals surface area contributed by atoms with Crippen molar-refractivity contribution in [3.8, 4) is 0 Å². The Morgan fingerprint density at radius 3 is 1.90 bits per heavy atom. The number of ether oxygens (including phenoxy) is 6. The Hall–Kier alpha value is -3.79. The maximum absolute atomic E-state index is 12.8. The van der Waals surface area contributed by atoms with Crippen molar-refractivity contribution in [2.45, 2.75) is 110 Å². The summed E-state index contributed by atoms with van der Waals surface area (Å²) in [4.78, 5) is 83.8. The van der Waals surface area contributed by atoms with Crippen molar-refractivity contribution in [2.75, 3.05) is 13.2 Å². The van der Waals surface area contributed by atoms with Crippen molar-refractivity contribution in [3.63, 3.8) is 0 Å². The number of nitrogens with two attached hydrogens (primary N) is 1. The first-order valence-electron chi connectivity index (χ1n) is 13.2. The van der Waals surface area contributed by atoms with E-state index in [1.54, 1.807) is 20.8 Å². The Morgan fingerprint density at radius 2 is 1.38 bits per heavy atom. The summed E-state index contributed by atoms with van der Waals surface area (Å²) < 4.78 is 31.8. The third kappa shape index (κ3) is 13.7. The highest BCUT2D eigenvalue weighted by atomic mass is 16.7. The third-order valence-electron chi connectivity index (χ3n) is 5.38. The van der Waals surface area contributed by atoms with Gasteiger partial charge in [0.15, 0.2) is 24.5 Å². The number of amides is 2. The van der Waals surface area contributed by atoms with Crippen LogP contribution in [0.3, 0.4) is 0 Å². The molecule has 16 nitrogen and oxygen atoms in total. The molecule has 42 heavy (non-hydrogen) atoms. The Bertz CT molecular complexity index is 1010. The lowest BCUT2D eigenvalue weighted by Gasteiger charge is -2.44. The predicted octanol–water partition coefficient (Wildman–Crippen LogP) is -0.859. The quantitative estimate of drug-likeness (QED) is 0.172. The third-order valence-corrected chi connectivity index (χ3v) is 5.38. The first-order valence-corrected chi connectivity index (χ1v) is 13.2. The van der Waals surface area contributed by atoms with Crippen LogP contribution in [0.15, 0.2) is 0 Å². The SMILES string of the molecule is CC(=O)OC[C@H]1O[C@@H](NC(=O)CCC[C@H](N)C(=O)NCC(=O)OC(C)(C)C)[C@H](OC(C)=O)[C@@H](OC(C)=O)[C@@H]1OC(C)=O. The molecule has 0 aliphatic carbocycles. The Kier molecular flexibility index (Phi) is 14.3. The van der Waals surface area contributed by atoms with Gasteiger partial charge in [-0.05, 0) is 33.6 Å². The van der Waals surface area contributed by atoms with E-state index in [9.17, 15) is 33.6 Å². The molecule has 0 bridgehead atoms. The molecule has 6 atom stereocenters. The minimum absolute atomic E-state index is 0.0755. The lowest BCUT2D eigenvalue weighted by molar-refractivity contribution is -0.257. The van der Waals surface area contributed by atoms with Crippen molar-refractivity contribution >= 4 is 41.7 Å². The molecule has 0 unspecified atom stereocenters. The van der Waals surface area contributed by atoms with Gasteiger partial charge in [0.25, 0.3) is 0 Å². The minimum atomic E-state index is -1.45. The van der Waals surface area contributed by atoms with Gasteiger partial charge < -0.3 is 44.8 Å². The average molecular weight is 604 g/mol. The second-order valence-corrected chi connectivity index (χ2v) is 10.5. The summed E-state index contributed by atoms with van der Waals surface area (Å²) >= 11 is 0. The van der Waals surface area contributed by atoms with Crippen molar-refractivity contribution in [2.24, 2.45) is 5.73 Å². The second kappa shape index (κ2) is 16.6. The smallest absolute Gasteiger partial charge is 0.325 e. The molecular weight excluding hydrogens is 562 g/mol. The maximum atomic E-state index is 12.8. The van der Waals surface area contributed by atoms with E-state index in [4.69, 9.17) is 34.2 Å². The average Bonchev–Trinajstić information content (AvgIpc) is 2.83. The van der Waals surface area contributed by atoms with Gasteiger partial charge in [0.05, 0.1) is 6.04 Å². The maximum Gasteiger partial charge on any atom is 0.325 e. The summed E-state index contributed by atoms with van der Waals surface area (Å²) in [6.07, 6.45) is -6.82. The number of rotatable bonds is 13. The fourth-order valence-electron chi connectivity index (χ4n) is 3.86. The number of nitrogens with one attached hydrogen (secondary N) is 2.